The molecule has 0 spiro atoms. The van der Waals surface area contributed by atoms with Crippen LogP contribution in [-0.4, -0.2) is 39.3 Å². The van der Waals surface area contributed by atoms with Crippen molar-refractivity contribution in [2.45, 2.75) is 19.8 Å². The summed E-state index contributed by atoms with van der Waals surface area (Å²) in [6.45, 7) is 4.36. The molecule has 1 aliphatic rings. The lowest BCUT2D eigenvalue weighted by molar-refractivity contribution is 0.222. The Morgan fingerprint density at radius 1 is 1.11 bits per heavy atom. The summed E-state index contributed by atoms with van der Waals surface area (Å²) in [6.07, 6.45) is 2.06. The Kier molecular flexibility index (Phi) is 5.24. The third-order valence-electron chi connectivity index (χ3n) is 4.64. The summed E-state index contributed by atoms with van der Waals surface area (Å²) < 4.78 is 22.9. The Hall–Kier alpha value is -2.61. The third kappa shape index (κ3) is 4.39. The van der Waals surface area contributed by atoms with Gasteiger partial charge >= 0.3 is 0 Å². The summed E-state index contributed by atoms with van der Waals surface area (Å²) in [6, 6.07) is 10.1. The fraction of sp³-hybridized carbons (Fsp3) is 0.368. The van der Waals surface area contributed by atoms with Gasteiger partial charge in [-0.1, -0.05) is 0 Å². The molecule has 0 atom stereocenters. The number of nitrogens with zero attached hydrogens (tertiary/aromatic N) is 5. The largest absolute Gasteiger partial charge is 0.493 e. The van der Waals surface area contributed by atoms with E-state index in [1.54, 1.807) is 12.1 Å². The Labute approximate surface area is 161 Å². The van der Waals surface area contributed by atoms with Crippen LogP contribution < -0.4 is 9.64 Å². The van der Waals surface area contributed by atoms with Crippen molar-refractivity contribution in [2.24, 2.45) is 5.92 Å². The Morgan fingerprint density at radius 2 is 1.89 bits per heavy atom. The number of aromatic nitrogens is 4. The molecular formula is C19H20FN5OS. The van der Waals surface area contributed by atoms with Crippen LogP contribution in [0.4, 0.5) is 10.2 Å². The summed E-state index contributed by atoms with van der Waals surface area (Å²) in [5, 5.41) is 9.46. The van der Waals surface area contributed by atoms with Gasteiger partial charge in [0.25, 0.3) is 0 Å². The highest BCUT2D eigenvalue weighted by Crippen LogP contribution is 2.24. The Bertz CT molecular complexity index is 876. The molecule has 2 aromatic heterocycles. The highest BCUT2D eigenvalue weighted by Gasteiger charge is 2.21. The number of hydrogen-bond donors (Lipinski definition) is 0. The van der Waals surface area contributed by atoms with E-state index in [1.807, 2.05) is 19.1 Å². The van der Waals surface area contributed by atoms with E-state index < -0.39 is 0 Å². The van der Waals surface area contributed by atoms with Crippen molar-refractivity contribution >= 4 is 17.4 Å². The molecule has 0 bridgehead atoms. The fourth-order valence-electron chi connectivity index (χ4n) is 3.08. The molecule has 6 nitrogen and oxygen atoms in total. The number of aryl methyl sites for hydroxylation is 1. The normalized spacial score (nSPS) is 15.1. The highest BCUT2D eigenvalue weighted by molar-refractivity contribution is 7.09. The first kappa shape index (κ1) is 17.8. The van der Waals surface area contributed by atoms with Crippen LogP contribution in [-0.2, 0) is 0 Å². The average Bonchev–Trinajstić information content (AvgIpc) is 3.14. The monoisotopic (exact) mass is 385 g/mol. The van der Waals surface area contributed by atoms with Crippen LogP contribution in [0.25, 0.3) is 10.7 Å². The fourth-order valence-corrected chi connectivity index (χ4v) is 3.72. The molecule has 0 unspecified atom stereocenters. The molecule has 1 aliphatic heterocycles. The minimum Gasteiger partial charge on any atom is -0.493 e. The van der Waals surface area contributed by atoms with Crippen LogP contribution in [0.15, 0.2) is 36.4 Å². The van der Waals surface area contributed by atoms with Crippen LogP contribution in [0.1, 0.15) is 18.7 Å². The minimum absolute atomic E-state index is 0.246. The molecule has 1 aromatic carbocycles. The zero-order valence-electron chi connectivity index (χ0n) is 15.0. The zero-order valence-corrected chi connectivity index (χ0v) is 15.8. The molecule has 8 heteroatoms. The van der Waals surface area contributed by atoms with E-state index in [-0.39, 0.29) is 5.82 Å². The van der Waals surface area contributed by atoms with Gasteiger partial charge in [-0.3, -0.25) is 0 Å². The van der Waals surface area contributed by atoms with Crippen molar-refractivity contribution in [1.29, 1.82) is 0 Å². The number of piperidine rings is 1. The lowest BCUT2D eigenvalue weighted by Gasteiger charge is -2.32. The van der Waals surface area contributed by atoms with Gasteiger partial charge in [0, 0.05) is 13.1 Å². The molecule has 3 heterocycles. The SMILES string of the molecule is Cc1nsc(-c2ccc(N3CCC(COc4ccc(F)cc4)CC3)nn2)n1. The van der Waals surface area contributed by atoms with E-state index in [0.717, 1.165) is 48.3 Å². The molecule has 4 rings (SSSR count). The lowest BCUT2D eigenvalue weighted by atomic mass is 9.98. The first-order valence-electron chi connectivity index (χ1n) is 8.95. The van der Waals surface area contributed by atoms with Crippen molar-refractivity contribution in [1.82, 2.24) is 19.6 Å². The van der Waals surface area contributed by atoms with Gasteiger partial charge in [-0.15, -0.1) is 10.2 Å². The zero-order chi connectivity index (χ0) is 18.6. The Morgan fingerprint density at radius 3 is 2.52 bits per heavy atom. The quantitative estimate of drug-likeness (QED) is 0.667. The number of hydrogen-bond acceptors (Lipinski definition) is 7. The standard InChI is InChI=1S/C19H20FN5OS/c1-13-21-19(27-24-13)17-6-7-18(23-22-17)25-10-8-14(9-11-25)12-26-16-4-2-15(20)3-5-16/h2-7,14H,8-12H2,1H3. The lowest BCUT2D eigenvalue weighted by Crippen LogP contribution is -2.36. The van der Waals surface area contributed by atoms with Crippen LogP contribution >= 0.6 is 11.5 Å². The second kappa shape index (κ2) is 7.96. The van der Waals surface area contributed by atoms with Crippen LogP contribution in [0, 0.1) is 18.7 Å². The van der Waals surface area contributed by atoms with Crippen molar-refractivity contribution in [3.05, 3.63) is 48.0 Å². The first-order valence-corrected chi connectivity index (χ1v) is 9.72. The second-order valence-electron chi connectivity index (χ2n) is 6.62. The first-order chi connectivity index (χ1) is 13.2. The van der Waals surface area contributed by atoms with Gasteiger partial charge in [-0.25, -0.2) is 9.37 Å². The topological polar surface area (TPSA) is 64.0 Å². The summed E-state index contributed by atoms with van der Waals surface area (Å²) in [7, 11) is 0. The van der Waals surface area contributed by atoms with Crippen molar-refractivity contribution in [3.8, 4) is 16.5 Å². The molecule has 140 valence electrons. The molecule has 0 radical (unpaired) electrons. The smallest absolute Gasteiger partial charge is 0.164 e. The van der Waals surface area contributed by atoms with Gasteiger partial charge in [0.15, 0.2) is 10.8 Å². The van der Waals surface area contributed by atoms with E-state index in [4.69, 9.17) is 4.74 Å². The van der Waals surface area contributed by atoms with Gasteiger partial charge in [0.2, 0.25) is 0 Å². The number of benzene rings is 1. The predicted octanol–water partition coefficient (Wildman–Crippen LogP) is 3.74. The molecule has 0 amide bonds. The van der Waals surface area contributed by atoms with Gasteiger partial charge in [-0.05, 0) is 73.6 Å². The second-order valence-corrected chi connectivity index (χ2v) is 7.37. The summed E-state index contributed by atoms with van der Waals surface area (Å²) in [5.74, 6) is 2.60. The van der Waals surface area contributed by atoms with Crippen LogP contribution in [0.2, 0.25) is 0 Å². The minimum atomic E-state index is -0.246. The van der Waals surface area contributed by atoms with Crippen LogP contribution in [0.5, 0.6) is 5.75 Å². The maximum atomic E-state index is 12.9. The predicted molar refractivity (Wildman–Crippen MR) is 103 cm³/mol. The van der Waals surface area contributed by atoms with E-state index in [0.29, 0.717) is 18.3 Å². The van der Waals surface area contributed by atoms with E-state index >= 15 is 0 Å². The molecule has 1 fully saturated rings. The van der Waals surface area contributed by atoms with Crippen molar-refractivity contribution < 1.29 is 9.13 Å². The van der Waals surface area contributed by atoms with Crippen LogP contribution in [0.3, 0.4) is 0 Å². The van der Waals surface area contributed by atoms with Gasteiger partial charge in [0.1, 0.15) is 23.1 Å². The Balaban J connectivity index is 1.29. The summed E-state index contributed by atoms with van der Waals surface area (Å²) in [4.78, 5) is 6.59. The number of rotatable bonds is 5. The molecular weight excluding hydrogens is 365 g/mol. The summed E-state index contributed by atoms with van der Waals surface area (Å²) >= 11 is 1.34. The third-order valence-corrected chi connectivity index (χ3v) is 5.46. The van der Waals surface area contributed by atoms with E-state index in [2.05, 4.69) is 24.5 Å². The molecule has 0 aliphatic carbocycles. The highest BCUT2D eigenvalue weighted by atomic mass is 32.1. The van der Waals surface area contributed by atoms with Gasteiger partial charge in [-0.2, -0.15) is 4.37 Å². The van der Waals surface area contributed by atoms with E-state index in [1.165, 1.54) is 23.7 Å². The number of ether oxygens (including phenoxy) is 1. The molecule has 0 saturated carbocycles. The number of anilines is 1. The molecule has 27 heavy (non-hydrogen) atoms. The average molecular weight is 385 g/mol. The maximum Gasteiger partial charge on any atom is 0.164 e. The van der Waals surface area contributed by atoms with Crippen molar-refractivity contribution in [3.63, 3.8) is 0 Å². The molecule has 0 N–H and O–H groups in total. The summed E-state index contributed by atoms with van der Waals surface area (Å²) in [5.41, 5.74) is 0.756. The maximum absolute atomic E-state index is 12.9. The van der Waals surface area contributed by atoms with E-state index in [9.17, 15) is 4.39 Å². The molecule has 1 saturated heterocycles. The van der Waals surface area contributed by atoms with Gasteiger partial charge in [0.05, 0.1) is 6.61 Å². The number of halogens is 1. The van der Waals surface area contributed by atoms with Crippen molar-refractivity contribution in [2.75, 3.05) is 24.6 Å². The molecule has 3 aromatic rings. The van der Waals surface area contributed by atoms with Gasteiger partial charge < -0.3 is 9.64 Å².